The second-order valence-electron chi connectivity index (χ2n) is 9.58. The molecule has 24 heavy (non-hydrogen) atoms. The Hall–Kier alpha value is -0.960. The van der Waals surface area contributed by atoms with Crippen molar-refractivity contribution < 1.29 is 14.3 Å². The molecule has 5 rings (SSSR count). The second-order valence-corrected chi connectivity index (χ2v) is 9.58. The molecule has 0 bridgehead atoms. The molecule has 0 aromatic rings. The number of ether oxygens (including phenoxy) is 1. The van der Waals surface area contributed by atoms with E-state index < -0.39 is 0 Å². The molecule has 0 aromatic heterocycles. The van der Waals surface area contributed by atoms with E-state index in [0.29, 0.717) is 42.2 Å². The van der Waals surface area contributed by atoms with E-state index in [2.05, 4.69) is 19.9 Å². The summed E-state index contributed by atoms with van der Waals surface area (Å²) in [6, 6.07) is 0. The Labute approximate surface area is 144 Å². The molecule has 3 nitrogen and oxygen atoms in total. The van der Waals surface area contributed by atoms with Gasteiger partial charge in [0.15, 0.2) is 0 Å². The third kappa shape index (κ3) is 1.63. The molecule has 0 amide bonds. The lowest BCUT2D eigenvalue weighted by atomic mass is 9.47. The van der Waals surface area contributed by atoms with E-state index in [0.717, 1.165) is 19.3 Å². The van der Waals surface area contributed by atoms with Gasteiger partial charge in [-0.15, -0.1) is 0 Å². The van der Waals surface area contributed by atoms with Crippen molar-refractivity contribution in [2.75, 3.05) is 0 Å². The van der Waals surface area contributed by atoms with Crippen LogP contribution in [0.2, 0.25) is 0 Å². The summed E-state index contributed by atoms with van der Waals surface area (Å²) in [5.74, 6) is 2.73. The molecule has 8 atom stereocenters. The maximum Gasteiger partial charge on any atom is 0.139 e. The summed E-state index contributed by atoms with van der Waals surface area (Å²) in [5, 5.41) is 0. The van der Waals surface area contributed by atoms with E-state index in [-0.39, 0.29) is 29.0 Å². The number of rotatable bonds is 1. The lowest BCUT2D eigenvalue weighted by Gasteiger charge is -2.55. The number of hydrogen-bond acceptors (Lipinski definition) is 3. The molecule has 3 saturated carbocycles. The highest BCUT2D eigenvalue weighted by molar-refractivity contribution is 5.84. The summed E-state index contributed by atoms with van der Waals surface area (Å²) in [6.07, 6.45) is 8.26. The Morgan fingerprint density at radius 3 is 2.83 bits per heavy atom. The van der Waals surface area contributed by atoms with Gasteiger partial charge in [-0.3, -0.25) is 9.59 Å². The standard InChI is InChI=1S/C21H28O3/c1-11(22)15-6-7-16-14-5-4-12-8-13(23)9-18-21(12,3)19(14)17(24-18)10-20(15,16)2/h4,14-19H,5-10H2,1-3H3. The van der Waals surface area contributed by atoms with Crippen LogP contribution in [-0.2, 0) is 14.3 Å². The predicted octanol–water partition coefficient (Wildman–Crippen LogP) is 3.71. The summed E-state index contributed by atoms with van der Waals surface area (Å²) >= 11 is 0. The summed E-state index contributed by atoms with van der Waals surface area (Å²) < 4.78 is 6.55. The molecule has 1 aliphatic heterocycles. The summed E-state index contributed by atoms with van der Waals surface area (Å²) in [7, 11) is 0. The van der Waals surface area contributed by atoms with Crippen molar-refractivity contribution in [2.24, 2.45) is 34.5 Å². The predicted molar refractivity (Wildman–Crippen MR) is 90.3 cm³/mol. The molecule has 0 aromatic carbocycles. The third-order valence-corrected chi connectivity index (χ3v) is 8.75. The molecule has 0 radical (unpaired) electrons. The van der Waals surface area contributed by atoms with Gasteiger partial charge in [0.25, 0.3) is 0 Å². The van der Waals surface area contributed by atoms with Crippen molar-refractivity contribution in [3.8, 4) is 0 Å². The molecule has 130 valence electrons. The van der Waals surface area contributed by atoms with Crippen molar-refractivity contribution >= 4 is 11.6 Å². The van der Waals surface area contributed by atoms with Crippen molar-refractivity contribution in [3.63, 3.8) is 0 Å². The molecule has 5 aliphatic rings. The Morgan fingerprint density at radius 1 is 1.29 bits per heavy atom. The van der Waals surface area contributed by atoms with Crippen molar-refractivity contribution in [1.82, 2.24) is 0 Å². The van der Waals surface area contributed by atoms with E-state index in [1.807, 2.05) is 0 Å². The molecule has 1 heterocycles. The monoisotopic (exact) mass is 328 g/mol. The highest BCUT2D eigenvalue weighted by Crippen LogP contribution is 2.69. The number of hydrogen-bond donors (Lipinski definition) is 0. The van der Waals surface area contributed by atoms with Crippen LogP contribution in [0, 0.1) is 34.5 Å². The van der Waals surface area contributed by atoms with Crippen LogP contribution in [0.3, 0.4) is 0 Å². The summed E-state index contributed by atoms with van der Waals surface area (Å²) in [6.45, 7) is 6.50. The fourth-order valence-corrected chi connectivity index (χ4v) is 7.79. The zero-order valence-corrected chi connectivity index (χ0v) is 15.0. The first-order valence-electron chi connectivity index (χ1n) is 9.73. The molecule has 8 unspecified atom stereocenters. The quantitative estimate of drug-likeness (QED) is 0.689. The minimum Gasteiger partial charge on any atom is -0.373 e. The van der Waals surface area contributed by atoms with Gasteiger partial charge in [0.1, 0.15) is 11.6 Å². The van der Waals surface area contributed by atoms with Gasteiger partial charge in [-0.05, 0) is 49.9 Å². The first-order chi connectivity index (χ1) is 11.4. The van der Waals surface area contributed by atoms with E-state index in [9.17, 15) is 9.59 Å². The summed E-state index contributed by atoms with van der Waals surface area (Å²) in [5.41, 5.74) is 1.52. The number of carbonyl (C=O) groups is 2. The number of Topliss-reactive ketones (excluding diaryl/α,β-unsaturated/α-hetero) is 2. The molecule has 0 spiro atoms. The lowest BCUT2D eigenvalue weighted by molar-refractivity contribution is -0.130. The Kier molecular flexibility index (Phi) is 2.94. The highest BCUT2D eigenvalue weighted by Gasteiger charge is 2.68. The summed E-state index contributed by atoms with van der Waals surface area (Å²) in [4.78, 5) is 24.4. The smallest absolute Gasteiger partial charge is 0.139 e. The van der Waals surface area contributed by atoms with Crippen molar-refractivity contribution in [3.05, 3.63) is 11.6 Å². The van der Waals surface area contributed by atoms with Crippen LogP contribution in [0.5, 0.6) is 0 Å². The average Bonchev–Trinajstić information content (AvgIpc) is 2.98. The zero-order valence-electron chi connectivity index (χ0n) is 15.0. The van der Waals surface area contributed by atoms with Crippen LogP contribution in [-0.4, -0.2) is 23.8 Å². The normalized spacial score (nSPS) is 55.0. The van der Waals surface area contributed by atoms with Gasteiger partial charge in [0, 0.05) is 30.1 Å². The Morgan fingerprint density at radius 2 is 2.08 bits per heavy atom. The van der Waals surface area contributed by atoms with Crippen LogP contribution in [0.15, 0.2) is 11.6 Å². The van der Waals surface area contributed by atoms with Gasteiger partial charge in [0.2, 0.25) is 0 Å². The van der Waals surface area contributed by atoms with Crippen LogP contribution < -0.4 is 0 Å². The SMILES string of the molecule is CC(=O)C1CCC2C3CC=C4CC(=O)CC5OC(CC12C)C3C45C. The first kappa shape index (κ1) is 15.3. The molecule has 1 saturated heterocycles. The van der Waals surface area contributed by atoms with E-state index in [4.69, 9.17) is 4.74 Å². The maximum absolute atomic E-state index is 12.3. The largest absolute Gasteiger partial charge is 0.373 e. The van der Waals surface area contributed by atoms with Crippen molar-refractivity contribution in [1.29, 1.82) is 0 Å². The first-order valence-corrected chi connectivity index (χ1v) is 9.73. The van der Waals surface area contributed by atoms with Crippen LogP contribution in [0.1, 0.15) is 59.3 Å². The molecule has 4 fully saturated rings. The molecular formula is C21H28O3. The van der Waals surface area contributed by atoms with Gasteiger partial charge < -0.3 is 4.74 Å². The number of fused-ring (bicyclic) bond motifs is 2. The average molecular weight is 328 g/mol. The fraction of sp³-hybridized carbons (Fsp3) is 0.810. The topological polar surface area (TPSA) is 43.4 Å². The number of carbonyl (C=O) groups excluding carboxylic acids is 2. The minimum atomic E-state index is 0.0666. The van der Waals surface area contributed by atoms with Crippen LogP contribution in [0.25, 0.3) is 0 Å². The number of allylic oxidation sites excluding steroid dienone is 1. The third-order valence-electron chi connectivity index (χ3n) is 8.75. The Bertz CT molecular complexity index is 664. The van der Waals surface area contributed by atoms with Crippen molar-refractivity contribution in [2.45, 2.75) is 71.5 Å². The van der Waals surface area contributed by atoms with Crippen LogP contribution in [0.4, 0.5) is 0 Å². The molecule has 0 N–H and O–H groups in total. The number of ketones is 2. The highest BCUT2D eigenvalue weighted by atomic mass is 16.5. The second kappa shape index (κ2) is 4.60. The molecule has 4 aliphatic carbocycles. The van der Waals surface area contributed by atoms with Gasteiger partial charge >= 0.3 is 0 Å². The molecule has 3 heteroatoms. The lowest BCUT2D eigenvalue weighted by Crippen LogP contribution is -2.54. The van der Waals surface area contributed by atoms with Gasteiger partial charge in [-0.1, -0.05) is 25.5 Å². The molecular weight excluding hydrogens is 300 g/mol. The van der Waals surface area contributed by atoms with E-state index >= 15 is 0 Å². The zero-order chi connectivity index (χ0) is 16.9. The van der Waals surface area contributed by atoms with Gasteiger partial charge in [-0.25, -0.2) is 0 Å². The van der Waals surface area contributed by atoms with Gasteiger partial charge in [0.05, 0.1) is 12.2 Å². The minimum absolute atomic E-state index is 0.0666. The fourth-order valence-electron chi connectivity index (χ4n) is 7.79. The van der Waals surface area contributed by atoms with E-state index in [1.165, 1.54) is 12.0 Å². The Balaban J connectivity index is 1.60. The van der Waals surface area contributed by atoms with Crippen LogP contribution >= 0.6 is 0 Å². The maximum atomic E-state index is 12.3. The van der Waals surface area contributed by atoms with Gasteiger partial charge in [-0.2, -0.15) is 0 Å². The van der Waals surface area contributed by atoms with E-state index in [1.54, 1.807) is 6.92 Å².